The van der Waals surface area contributed by atoms with E-state index < -0.39 is 0 Å². The van der Waals surface area contributed by atoms with Gasteiger partial charge in [0.15, 0.2) is 0 Å². The lowest BCUT2D eigenvalue weighted by Gasteiger charge is -2.31. The van der Waals surface area contributed by atoms with Crippen LogP contribution in [0.25, 0.3) is 11.0 Å². The van der Waals surface area contributed by atoms with E-state index in [-0.39, 0.29) is 5.54 Å². The van der Waals surface area contributed by atoms with Crippen molar-refractivity contribution in [3.63, 3.8) is 0 Å². The number of para-hydroxylation sites is 2. The molecule has 102 valence electrons. The van der Waals surface area contributed by atoms with Crippen molar-refractivity contribution in [2.75, 3.05) is 11.9 Å². The maximum absolute atomic E-state index is 5.91. The van der Waals surface area contributed by atoms with Gasteiger partial charge in [0.1, 0.15) is 5.82 Å². The first-order valence-corrected chi connectivity index (χ1v) is 6.72. The van der Waals surface area contributed by atoms with E-state index in [4.69, 9.17) is 5.73 Å². The Hall–Kier alpha value is -1.68. The van der Waals surface area contributed by atoms with Crippen molar-refractivity contribution in [2.45, 2.75) is 32.7 Å². The summed E-state index contributed by atoms with van der Waals surface area (Å²) >= 11 is 0. The summed E-state index contributed by atoms with van der Waals surface area (Å²) in [6, 6.07) is 7.86. The number of benzene rings is 1. The number of nitrogens with zero attached hydrogens (tertiary/aromatic N) is 2. The molecule has 0 bridgehead atoms. The summed E-state index contributed by atoms with van der Waals surface area (Å²) in [7, 11) is 0. The minimum atomic E-state index is -0.148. The molecule has 0 amide bonds. The number of hydrogen-bond donors (Lipinski definition) is 2. The summed E-state index contributed by atoms with van der Waals surface area (Å²) in [6.07, 6.45) is 2.77. The van der Waals surface area contributed by atoms with Crippen LogP contribution in [0.2, 0.25) is 0 Å². The van der Waals surface area contributed by atoms with Crippen LogP contribution < -0.4 is 11.1 Å². The Bertz CT molecular complexity index is 553. The molecule has 1 aromatic carbocycles. The molecule has 0 fully saturated rings. The van der Waals surface area contributed by atoms with Gasteiger partial charge in [0.25, 0.3) is 0 Å². The third kappa shape index (κ3) is 3.41. The first-order valence-electron chi connectivity index (χ1n) is 6.72. The molecule has 0 saturated carbocycles. The zero-order valence-electron chi connectivity index (χ0n) is 11.9. The van der Waals surface area contributed by atoms with E-state index in [0.717, 1.165) is 23.3 Å². The second-order valence-electron chi connectivity index (χ2n) is 5.73. The van der Waals surface area contributed by atoms with Crippen molar-refractivity contribution in [1.29, 1.82) is 0 Å². The predicted octanol–water partition coefficient (Wildman–Crippen LogP) is 2.81. The van der Waals surface area contributed by atoms with E-state index in [1.807, 2.05) is 24.3 Å². The van der Waals surface area contributed by atoms with Gasteiger partial charge >= 0.3 is 0 Å². The van der Waals surface area contributed by atoms with Gasteiger partial charge in [-0.15, -0.1) is 0 Å². The quantitative estimate of drug-likeness (QED) is 0.865. The fourth-order valence-corrected chi connectivity index (χ4v) is 2.41. The molecule has 0 aliphatic carbocycles. The maximum atomic E-state index is 5.91. The summed E-state index contributed by atoms with van der Waals surface area (Å²) in [6.45, 7) is 7.09. The van der Waals surface area contributed by atoms with Gasteiger partial charge in [-0.2, -0.15) is 0 Å². The predicted molar refractivity (Wildman–Crippen MR) is 80.1 cm³/mol. The zero-order chi connectivity index (χ0) is 13.9. The number of anilines is 1. The largest absolute Gasteiger partial charge is 0.362 e. The Labute approximate surface area is 114 Å². The molecule has 1 aromatic heterocycles. The minimum Gasteiger partial charge on any atom is -0.362 e. The van der Waals surface area contributed by atoms with Crippen LogP contribution in [-0.2, 0) is 0 Å². The molecule has 1 atom stereocenters. The lowest BCUT2D eigenvalue weighted by molar-refractivity contribution is 0.406. The molecule has 1 unspecified atom stereocenters. The molecule has 1 heterocycles. The number of aromatic nitrogens is 2. The molecule has 0 aliphatic rings. The van der Waals surface area contributed by atoms with Crippen LogP contribution in [0.5, 0.6) is 0 Å². The first-order chi connectivity index (χ1) is 9.02. The molecule has 4 heteroatoms. The summed E-state index contributed by atoms with van der Waals surface area (Å²) in [5.41, 5.74) is 7.57. The second kappa shape index (κ2) is 5.53. The van der Waals surface area contributed by atoms with E-state index in [9.17, 15) is 0 Å². The van der Waals surface area contributed by atoms with Crippen molar-refractivity contribution in [2.24, 2.45) is 11.7 Å². The van der Waals surface area contributed by atoms with Crippen LogP contribution in [0.15, 0.2) is 30.5 Å². The van der Waals surface area contributed by atoms with Gasteiger partial charge in [0, 0.05) is 12.1 Å². The van der Waals surface area contributed by atoms with Gasteiger partial charge < -0.3 is 11.1 Å². The Balaban J connectivity index is 2.24. The summed E-state index contributed by atoms with van der Waals surface area (Å²) in [5, 5.41) is 3.43. The van der Waals surface area contributed by atoms with Gasteiger partial charge in [-0.1, -0.05) is 26.0 Å². The number of hydrogen-bond acceptors (Lipinski definition) is 4. The number of rotatable bonds is 5. The van der Waals surface area contributed by atoms with Crippen LogP contribution in [0.3, 0.4) is 0 Å². The van der Waals surface area contributed by atoms with Gasteiger partial charge in [-0.3, -0.25) is 4.98 Å². The highest BCUT2D eigenvalue weighted by Gasteiger charge is 2.24. The van der Waals surface area contributed by atoms with Gasteiger partial charge in [0.05, 0.1) is 17.2 Å². The van der Waals surface area contributed by atoms with Gasteiger partial charge in [-0.25, -0.2) is 4.98 Å². The molecular weight excluding hydrogens is 236 g/mol. The molecule has 0 radical (unpaired) electrons. The monoisotopic (exact) mass is 258 g/mol. The Morgan fingerprint density at radius 1 is 1.26 bits per heavy atom. The SMILES string of the molecule is CC(C)CC(C)(CN)Nc1cnc2ccccc2n1. The van der Waals surface area contributed by atoms with Crippen molar-refractivity contribution < 1.29 is 0 Å². The average Bonchev–Trinajstić information content (AvgIpc) is 2.37. The van der Waals surface area contributed by atoms with Crippen LogP contribution >= 0.6 is 0 Å². The Morgan fingerprint density at radius 3 is 2.58 bits per heavy atom. The molecule has 0 aliphatic heterocycles. The second-order valence-corrected chi connectivity index (χ2v) is 5.73. The Kier molecular flexibility index (Phi) is 4.00. The highest BCUT2D eigenvalue weighted by Crippen LogP contribution is 2.21. The standard InChI is InChI=1S/C15H22N4/c1-11(2)8-15(3,10-16)19-14-9-17-12-6-4-5-7-13(12)18-14/h4-7,9,11H,8,10,16H2,1-3H3,(H,18,19). The Morgan fingerprint density at radius 2 is 1.95 bits per heavy atom. The third-order valence-electron chi connectivity index (χ3n) is 3.19. The van der Waals surface area contributed by atoms with Crippen LogP contribution in [0, 0.1) is 5.92 Å². The van der Waals surface area contributed by atoms with Crippen molar-refractivity contribution in [1.82, 2.24) is 9.97 Å². The third-order valence-corrected chi connectivity index (χ3v) is 3.19. The van der Waals surface area contributed by atoms with E-state index in [0.29, 0.717) is 12.5 Å². The molecule has 3 N–H and O–H groups in total. The van der Waals surface area contributed by atoms with Crippen molar-refractivity contribution in [3.8, 4) is 0 Å². The van der Waals surface area contributed by atoms with Crippen molar-refractivity contribution in [3.05, 3.63) is 30.5 Å². The fourth-order valence-electron chi connectivity index (χ4n) is 2.41. The number of nitrogens with two attached hydrogens (primary N) is 1. The normalized spacial score (nSPS) is 14.6. The highest BCUT2D eigenvalue weighted by molar-refractivity contribution is 5.75. The fraction of sp³-hybridized carbons (Fsp3) is 0.467. The molecular formula is C15H22N4. The smallest absolute Gasteiger partial charge is 0.145 e. The van der Waals surface area contributed by atoms with Crippen molar-refractivity contribution >= 4 is 16.9 Å². The number of fused-ring (bicyclic) bond motifs is 1. The summed E-state index contributed by atoms with van der Waals surface area (Å²) in [5.74, 6) is 1.36. The van der Waals surface area contributed by atoms with E-state index in [2.05, 4.69) is 36.1 Å². The van der Waals surface area contributed by atoms with Crippen LogP contribution in [0.1, 0.15) is 27.2 Å². The molecule has 2 aromatic rings. The number of nitrogens with one attached hydrogen (secondary N) is 1. The van der Waals surface area contributed by atoms with E-state index >= 15 is 0 Å². The zero-order valence-corrected chi connectivity index (χ0v) is 11.9. The van der Waals surface area contributed by atoms with Gasteiger partial charge in [0.2, 0.25) is 0 Å². The van der Waals surface area contributed by atoms with Crippen LogP contribution in [-0.4, -0.2) is 22.1 Å². The summed E-state index contributed by atoms with van der Waals surface area (Å²) < 4.78 is 0. The molecule has 0 saturated heterocycles. The van der Waals surface area contributed by atoms with E-state index in [1.165, 1.54) is 0 Å². The lowest BCUT2D eigenvalue weighted by atomic mass is 9.91. The average molecular weight is 258 g/mol. The first kappa shape index (κ1) is 13.7. The molecule has 19 heavy (non-hydrogen) atoms. The summed E-state index contributed by atoms with van der Waals surface area (Å²) in [4.78, 5) is 9.00. The minimum absolute atomic E-state index is 0.148. The van der Waals surface area contributed by atoms with Crippen LogP contribution in [0.4, 0.5) is 5.82 Å². The molecule has 4 nitrogen and oxygen atoms in total. The molecule has 2 rings (SSSR count). The highest BCUT2D eigenvalue weighted by atomic mass is 15.1. The molecule has 0 spiro atoms. The van der Waals surface area contributed by atoms with E-state index in [1.54, 1.807) is 6.20 Å². The topological polar surface area (TPSA) is 63.8 Å². The maximum Gasteiger partial charge on any atom is 0.145 e. The van der Waals surface area contributed by atoms with Gasteiger partial charge in [-0.05, 0) is 31.4 Å². The lowest BCUT2D eigenvalue weighted by Crippen LogP contribution is -2.43.